The van der Waals surface area contributed by atoms with Crippen molar-refractivity contribution >= 4 is 29.2 Å². The zero-order chi connectivity index (χ0) is 16.4. The van der Waals surface area contributed by atoms with Crippen molar-refractivity contribution in [3.8, 4) is 0 Å². The fraction of sp³-hybridized carbons (Fsp3) is 0.600. The van der Waals surface area contributed by atoms with Crippen molar-refractivity contribution in [1.82, 2.24) is 20.5 Å². The number of carbonyl (C=O) groups is 3. The van der Waals surface area contributed by atoms with Crippen LogP contribution in [0.1, 0.15) is 41.3 Å². The molecule has 2 heterocycles. The molecule has 1 saturated heterocycles. The first-order valence-electron chi connectivity index (χ1n) is 7.85. The molecule has 7 nitrogen and oxygen atoms in total. The Hall–Kier alpha value is -1.96. The molecule has 0 radical (unpaired) electrons. The number of thiazole rings is 1. The summed E-state index contributed by atoms with van der Waals surface area (Å²) in [6.07, 6.45) is 4.97. The fourth-order valence-corrected chi connectivity index (χ4v) is 4.15. The smallest absolute Gasteiger partial charge is 0.322 e. The van der Waals surface area contributed by atoms with Crippen LogP contribution in [0.2, 0.25) is 0 Å². The number of nitrogens with zero attached hydrogens (tertiary/aromatic N) is 2. The molecular weight excluding hydrogens is 316 g/mol. The Balaban J connectivity index is 1.64. The molecule has 1 aliphatic heterocycles. The molecule has 1 fully saturated rings. The number of aryl methyl sites for hydroxylation is 2. The van der Waals surface area contributed by atoms with Crippen molar-refractivity contribution in [2.24, 2.45) is 0 Å². The van der Waals surface area contributed by atoms with E-state index in [4.69, 9.17) is 0 Å². The predicted molar refractivity (Wildman–Crippen MR) is 84.9 cm³/mol. The zero-order valence-electron chi connectivity index (χ0n) is 13.1. The molecule has 4 amide bonds. The number of fused-ring (bicyclic) bond motifs is 1. The molecule has 1 atom stereocenters. The van der Waals surface area contributed by atoms with Crippen LogP contribution in [0.3, 0.4) is 0 Å². The van der Waals surface area contributed by atoms with Gasteiger partial charge in [-0.2, -0.15) is 0 Å². The van der Waals surface area contributed by atoms with Crippen molar-refractivity contribution in [1.29, 1.82) is 0 Å². The number of likely N-dealkylation sites (N-methyl/N-ethyl adjacent to an activating group) is 1. The van der Waals surface area contributed by atoms with Gasteiger partial charge in [0, 0.05) is 18.3 Å². The lowest BCUT2D eigenvalue weighted by atomic mass is 10.0. The van der Waals surface area contributed by atoms with Crippen LogP contribution >= 0.6 is 11.3 Å². The van der Waals surface area contributed by atoms with E-state index in [9.17, 15) is 14.4 Å². The highest BCUT2D eigenvalue weighted by atomic mass is 32.1. The number of hydrogen-bond donors (Lipinski definition) is 2. The van der Waals surface area contributed by atoms with Gasteiger partial charge in [-0.25, -0.2) is 9.78 Å². The topological polar surface area (TPSA) is 91.4 Å². The summed E-state index contributed by atoms with van der Waals surface area (Å²) < 4.78 is 0. The van der Waals surface area contributed by atoms with Crippen LogP contribution in [0.4, 0.5) is 4.79 Å². The summed E-state index contributed by atoms with van der Waals surface area (Å²) >= 11 is 1.67. The number of imide groups is 1. The van der Waals surface area contributed by atoms with Gasteiger partial charge in [0.1, 0.15) is 11.0 Å². The summed E-state index contributed by atoms with van der Waals surface area (Å²) in [7, 11) is 1.70. The van der Waals surface area contributed by atoms with Crippen molar-refractivity contribution in [3.05, 3.63) is 15.6 Å². The third-order valence-corrected chi connectivity index (χ3v) is 5.30. The Labute approximate surface area is 138 Å². The number of carbonyl (C=O) groups excluding carboxylic acids is 3. The molecule has 23 heavy (non-hydrogen) atoms. The van der Waals surface area contributed by atoms with Crippen molar-refractivity contribution in [3.63, 3.8) is 0 Å². The first kappa shape index (κ1) is 15.9. The highest BCUT2D eigenvalue weighted by Gasteiger charge is 2.28. The monoisotopic (exact) mass is 336 g/mol. The Kier molecular flexibility index (Phi) is 4.61. The van der Waals surface area contributed by atoms with Gasteiger partial charge in [-0.3, -0.25) is 14.9 Å². The largest absolute Gasteiger partial charge is 0.337 e. The van der Waals surface area contributed by atoms with Gasteiger partial charge < -0.3 is 10.2 Å². The second kappa shape index (κ2) is 6.66. The molecule has 1 aliphatic carbocycles. The van der Waals surface area contributed by atoms with Crippen LogP contribution < -0.4 is 10.6 Å². The fourth-order valence-electron chi connectivity index (χ4n) is 2.94. The minimum atomic E-state index is -0.666. The van der Waals surface area contributed by atoms with E-state index in [-0.39, 0.29) is 18.2 Å². The summed E-state index contributed by atoms with van der Waals surface area (Å²) in [5.41, 5.74) is 1.18. The maximum atomic E-state index is 12.5. The van der Waals surface area contributed by atoms with Crippen LogP contribution in [0.25, 0.3) is 0 Å². The summed E-state index contributed by atoms with van der Waals surface area (Å²) in [6, 6.07) is -1.27. The van der Waals surface area contributed by atoms with Gasteiger partial charge in [-0.15, -0.1) is 11.3 Å². The molecule has 2 aliphatic rings. The number of rotatable bonds is 3. The Morgan fingerprint density at radius 1 is 1.30 bits per heavy atom. The van der Waals surface area contributed by atoms with Crippen LogP contribution in [-0.2, 0) is 29.0 Å². The highest BCUT2D eigenvalue weighted by molar-refractivity contribution is 7.11. The van der Waals surface area contributed by atoms with E-state index in [2.05, 4.69) is 15.6 Å². The van der Waals surface area contributed by atoms with Gasteiger partial charge in [0.15, 0.2) is 0 Å². The van der Waals surface area contributed by atoms with Gasteiger partial charge in [0.25, 0.3) is 0 Å². The number of hydrogen-bond acceptors (Lipinski definition) is 5. The molecule has 0 aromatic carbocycles. The molecule has 1 unspecified atom stereocenters. The van der Waals surface area contributed by atoms with E-state index in [0.29, 0.717) is 13.0 Å². The van der Waals surface area contributed by atoms with Crippen molar-refractivity contribution in [2.45, 2.75) is 51.1 Å². The summed E-state index contributed by atoms with van der Waals surface area (Å²) in [5.74, 6) is -0.545. The molecule has 2 N–H and O–H groups in total. The van der Waals surface area contributed by atoms with Crippen molar-refractivity contribution in [2.75, 3.05) is 7.05 Å². The first-order chi connectivity index (χ1) is 11.0. The summed E-state index contributed by atoms with van der Waals surface area (Å²) in [5, 5.41) is 5.66. The third-order valence-electron chi connectivity index (χ3n) is 4.16. The molecular formula is C15H20N4O3S. The molecule has 1 aromatic heterocycles. The van der Waals surface area contributed by atoms with Gasteiger partial charge in [-0.1, -0.05) is 0 Å². The van der Waals surface area contributed by atoms with Gasteiger partial charge in [-0.05, 0) is 32.1 Å². The van der Waals surface area contributed by atoms with Crippen LogP contribution in [-0.4, -0.2) is 40.8 Å². The van der Waals surface area contributed by atoms with Gasteiger partial charge >= 0.3 is 6.03 Å². The summed E-state index contributed by atoms with van der Waals surface area (Å²) in [6.45, 7) is 0.435. The second-order valence-corrected chi connectivity index (χ2v) is 7.16. The van der Waals surface area contributed by atoms with Gasteiger partial charge in [0.2, 0.25) is 11.8 Å². The third kappa shape index (κ3) is 3.69. The van der Waals surface area contributed by atoms with E-state index < -0.39 is 12.1 Å². The number of nitrogens with one attached hydrogen (secondary N) is 2. The summed E-state index contributed by atoms with van der Waals surface area (Å²) in [4.78, 5) is 42.9. The van der Waals surface area contributed by atoms with E-state index in [1.807, 2.05) is 0 Å². The van der Waals surface area contributed by atoms with E-state index in [0.717, 1.165) is 17.8 Å². The van der Waals surface area contributed by atoms with Crippen LogP contribution in [0.15, 0.2) is 0 Å². The standard InChI is InChI=1S/C15H20N4O3S/c1-19(8-13-16-9-4-2-3-5-11(9)23-13)14(21)10-6-7-12(20)18-15(22)17-10/h10H,2-8H2,1H3,(H2,17,18,20,22). The number of amides is 4. The zero-order valence-corrected chi connectivity index (χ0v) is 13.9. The lowest BCUT2D eigenvalue weighted by Crippen LogP contribution is -2.48. The minimum Gasteiger partial charge on any atom is -0.337 e. The Morgan fingerprint density at radius 2 is 2.09 bits per heavy atom. The average Bonchev–Trinajstić information content (AvgIpc) is 2.84. The SMILES string of the molecule is CN(Cc1nc2c(s1)CCCC2)C(=O)C1CCC(=O)NC(=O)N1. The van der Waals surface area contributed by atoms with E-state index in [1.54, 1.807) is 23.3 Å². The lowest BCUT2D eigenvalue weighted by Gasteiger charge is -2.22. The Bertz CT molecular complexity index is 619. The first-order valence-corrected chi connectivity index (χ1v) is 8.67. The number of urea groups is 1. The highest BCUT2D eigenvalue weighted by Crippen LogP contribution is 2.27. The Morgan fingerprint density at radius 3 is 2.87 bits per heavy atom. The quantitative estimate of drug-likeness (QED) is 0.860. The second-order valence-electron chi connectivity index (χ2n) is 5.99. The predicted octanol–water partition coefficient (Wildman–Crippen LogP) is 0.968. The van der Waals surface area contributed by atoms with Gasteiger partial charge in [0.05, 0.1) is 12.2 Å². The molecule has 8 heteroatoms. The van der Waals surface area contributed by atoms with Crippen LogP contribution in [0.5, 0.6) is 0 Å². The molecule has 3 rings (SSSR count). The molecule has 0 saturated carbocycles. The number of aromatic nitrogens is 1. The maximum Gasteiger partial charge on any atom is 0.322 e. The average molecular weight is 336 g/mol. The molecule has 0 spiro atoms. The van der Waals surface area contributed by atoms with E-state index in [1.165, 1.54) is 23.4 Å². The molecule has 1 aromatic rings. The minimum absolute atomic E-state index is 0.161. The normalized spacial score (nSPS) is 21.0. The maximum absolute atomic E-state index is 12.5. The van der Waals surface area contributed by atoms with E-state index >= 15 is 0 Å². The molecule has 0 bridgehead atoms. The van der Waals surface area contributed by atoms with Crippen LogP contribution in [0, 0.1) is 0 Å². The molecule has 124 valence electrons. The lowest BCUT2D eigenvalue weighted by molar-refractivity contribution is -0.132. The van der Waals surface area contributed by atoms with Crippen molar-refractivity contribution < 1.29 is 14.4 Å².